The Morgan fingerprint density at radius 3 is 3.07 bits per heavy atom. The van der Waals surface area contributed by atoms with Gasteiger partial charge in [0.05, 0.1) is 15.2 Å². The fraction of sp³-hybridized carbons (Fsp3) is 0.273. The summed E-state index contributed by atoms with van der Waals surface area (Å²) in [6.07, 6.45) is 0. The standard InChI is InChI=1S/C11H11NO2S/c1-7-12-10-5-9(6-14-8(2)13)3-4-11(10)15-7/h3-5H,6H2,1-2H3. The summed E-state index contributed by atoms with van der Waals surface area (Å²) in [6, 6.07) is 5.93. The van der Waals surface area contributed by atoms with Gasteiger partial charge in [0.25, 0.3) is 0 Å². The molecule has 0 unspecified atom stereocenters. The average molecular weight is 221 g/mol. The topological polar surface area (TPSA) is 39.2 Å². The van der Waals surface area contributed by atoms with E-state index >= 15 is 0 Å². The van der Waals surface area contributed by atoms with Crippen molar-refractivity contribution in [3.63, 3.8) is 0 Å². The molecule has 0 N–H and O–H groups in total. The molecule has 78 valence electrons. The molecule has 0 saturated carbocycles. The number of hydrogen-bond acceptors (Lipinski definition) is 4. The molecule has 2 aromatic rings. The van der Waals surface area contributed by atoms with Crippen LogP contribution in [0.25, 0.3) is 10.2 Å². The zero-order chi connectivity index (χ0) is 10.8. The Kier molecular flexibility index (Phi) is 2.68. The molecule has 0 saturated heterocycles. The third-order valence-electron chi connectivity index (χ3n) is 2.00. The first kappa shape index (κ1) is 10.1. The van der Waals surface area contributed by atoms with Crippen molar-refractivity contribution in [2.45, 2.75) is 20.5 Å². The van der Waals surface area contributed by atoms with E-state index in [1.54, 1.807) is 11.3 Å². The number of ether oxygens (including phenoxy) is 1. The molecule has 0 amide bonds. The van der Waals surface area contributed by atoms with Gasteiger partial charge in [-0.1, -0.05) is 6.07 Å². The summed E-state index contributed by atoms with van der Waals surface area (Å²) >= 11 is 1.67. The fourth-order valence-corrected chi connectivity index (χ4v) is 2.17. The van der Waals surface area contributed by atoms with E-state index in [1.807, 2.05) is 25.1 Å². The van der Waals surface area contributed by atoms with E-state index in [0.717, 1.165) is 16.1 Å². The normalized spacial score (nSPS) is 10.5. The lowest BCUT2D eigenvalue weighted by atomic mass is 10.2. The zero-order valence-electron chi connectivity index (χ0n) is 8.61. The fourth-order valence-electron chi connectivity index (χ4n) is 1.36. The van der Waals surface area contributed by atoms with Crippen LogP contribution in [0, 0.1) is 6.92 Å². The second-order valence-electron chi connectivity index (χ2n) is 3.32. The van der Waals surface area contributed by atoms with Gasteiger partial charge in [-0.3, -0.25) is 4.79 Å². The van der Waals surface area contributed by atoms with Gasteiger partial charge in [0.15, 0.2) is 0 Å². The molecule has 2 rings (SSSR count). The summed E-state index contributed by atoms with van der Waals surface area (Å²) < 4.78 is 6.09. The lowest BCUT2D eigenvalue weighted by molar-refractivity contribution is -0.142. The largest absolute Gasteiger partial charge is 0.461 e. The van der Waals surface area contributed by atoms with E-state index in [2.05, 4.69) is 4.98 Å². The maximum Gasteiger partial charge on any atom is 0.302 e. The summed E-state index contributed by atoms with van der Waals surface area (Å²) in [5, 5.41) is 1.05. The second kappa shape index (κ2) is 3.98. The van der Waals surface area contributed by atoms with Crippen molar-refractivity contribution in [3.05, 3.63) is 28.8 Å². The molecular formula is C11H11NO2S. The van der Waals surface area contributed by atoms with Crippen LogP contribution in [0.15, 0.2) is 18.2 Å². The molecule has 1 aromatic carbocycles. The number of aryl methyl sites for hydroxylation is 1. The quantitative estimate of drug-likeness (QED) is 0.732. The van der Waals surface area contributed by atoms with Gasteiger partial charge < -0.3 is 4.74 Å². The number of fused-ring (bicyclic) bond motifs is 1. The van der Waals surface area contributed by atoms with Crippen LogP contribution in [0.1, 0.15) is 17.5 Å². The highest BCUT2D eigenvalue weighted by atomic mass is 32.1. The second-order valence-corrected chi connectivity index (χ2v) is 4.55. The Morgan fingerprint density at radius 2 is 2.33 bits per heavy atom. The number of hydrogen-bond donors (Lipinski definition) is 0. The molecule has 4 heteroatoms. The van der Waals surface area contributed by atoms with Crippen molar-refractivity contribution < 1.29 is 9.53 Å². The van der Waals surface area contributed by atoms with Crippen molar-refractivity contribution in [2.75, 3.05) is 0 Å². The summed E-state index contributed by atoms with van der Waals surface area (Å²) in [6.45, 7) is 3.71. The van der Waals surface area contributed by atoms with Gasteiger partial charge in [-0.25, -0.2) is 4.98 Å². The first-order valence-electron chi connectivity index (χ1n) is 4.64. The third-order valence-corrected chi connectivity index (χ3v) is 2.95. The molecular weight excluding hydrogens is 210 g/mol. The minimum Gasteiger partial charge on any atom is -0.461 e. The number of esters is 1. The van der Waals surface area contributed by atoms with Crippen molar-refractivity contribution in [3.8, 4) is 0 Å². The predicted molar refractivity (Wildman–Crippen MR) is 59.8 cm³/mol. The Bertz CT molecular complexity index is 504. The summed E-state index contributed by atoms with van der Waals surface area (Å²) in [5.74, 6) is -0.260. The Labute approximate surface area is 91.7 Å². The van der Waals surface area contributed by atoms with Gasteiger partial charge in [0.1, 0.15) is 6.61 Å². The van der Waals surface area contributed by atoms with Crippen LogP contribution in [-0.2, 0) is 16.1 Å². The summed E-state index contributed by atoms with van der Waals surface area (Å²) in [5.41, 5.74) is 1.95. The average Bonchev–Trinajstić information content (AvgIpc) is 2.53. The van der Waals surface area contributed by atoms with Gasteiger partial charge in [0.2, 0.25) is 0 Å². The minimum absolute atomic E-state index is 0.260. The molecule has 0 radical (unpaired) electrons. The molecule has 3 nitrogen and oxygen atoms in total. The predicted octanol–water partition coefficient (Wildman–Crippen LogP) is 2.67. The molecule has 0 bridgehead atoms. The smallest absolute Gasteiger partial charge is 0.302 e. The van der Waals surface area contributed by atoms with Crippen LogP contribution in [0.2, 0.25) is 0 Å². The van der Waals surface area contributed by atoms with Gasteiger partial charge in [-0.05, 0) is 24.6 Å². The number of carbonyl (C=O) groups excluding carboxylic acids is 1. The van der Waals surface area contributed by atoms with E-state index in [0.29, 0.717) is 6.61 Å². The molecule has 0 spiro atoms. The lowest BCUT2D eigenvalue weighted by Gasteiger charge is -2.01. The first-order valence-corrected chi connectivity index (χ1v) is 5.46. The molecule has 0 aliphatic rings. The molecule has 0 aliphatic heterocycles. The van der Waals surface area contributed by atoms with Gasteiger partial charge >= 0.3 is 5.97 Å². The number of rotatable bonds is 2. The highest BCUT2D eigenvalue weighted by Crippen LogP contribution is 2.22. The molecule has 0 atom stereocenters. The van der Waals surface area contributed by atoms with E-state index in [-0.39, 0.29) is 5.97 Å². The lowest BCUT2D eigenvalue weighted by Crippen LogP contribution is -1.98. The molecule has 1 heterocycles. The molecule has 15 heavy (non-hydrogen) atoms. The monoisotopic (exact) mass is 221 g/mol. The highest BCUT2D eigenvalue weighted by Gasteiger charge is 2.02. The molecule has 0 aliphatic carbocycles. The Hall–Kier alpha value is -1.42. The number of thiazole rings is 1. The van der Waals surface area contributed by atoms with Crippen LogP contribution in [0.3, 0.4) is 0 Å². The minimum atomic E-state index is -0.260. The van der Waals surface area contributed by atoms with Gasteiger partial charge in [-0.15, -0.1) is 11.3 Å². The van der Waals surface area contributed by atoms with Crippen LogP contribution in [0.5, 0.6) is 0 Å². The van der Waals surface area contributed by atoms with E-state index in [4.69, 9.17) is 4.74 Å². The van der Waals surface area contributed by atoms with Crippen molar-refractivity contribution in [2.24, 2.45) is 0 Å². The van der Waals surface area contributed by atoms with Crippen molar-refractivity contribution in [1.82, 2.24) is 4.98 Å². The van der Waals surface area contributed by atoms with Gasteiger partial charge in [0, 0.05) is 6.92 Å². The van der Waals surface area contributed by atoms with Crippen LogP contribution in [-0.4, -0.2) is 11.0 Å². The molecule has 0 fully saturated rings. The highest BCUT2D eigenvalue weighted by molar-refractivity contribution is 7.18. The van der Waals surface area contributed by atoms with E-state index in [1.165, 1.54) is 11.6 Å². The SMILES string of the molecule is CC(=O)OCc1ccc2sc(C)nc2c1. The summed E-state index contributed by atoms with van der Waals surface area (Å²) in [7, 11) is 0. The number of aromatic nitrogens is 1. The first-order chi connectivity index (χ1) is 7.15. The van der Waals surface area contributed by atoms with Crippen molar-refractivity contribution in [1.29, 1.82) is 0 Å². The zero-order valence-corrected chi connectivity index (χ0v) is 9.43. The maximum atomic E-state index is 10.6. The summed E-state index contributed by atoms with van der Waals surface area (Å²) in [4.78, 5) is 15.0. The van der Waals surface area contributed by atoms with E-state index < -0.39 is 0 Å². The Morgan fingerprint density at radius 1 is 1.53 bits per heavy atom. The van der Waals surface area contributed by atoms with Crippen LogP contribution < -0.4 is 0 Å². The van der Waals surface area contributed by atoms with Crippen LogP contribution in [0.4, 0.5) is 0 Å². The third kappa shape index (κ3) is 2.33. The number of carbonyl (C=O) groups is 1. The van der Waals surface area contributed by atoms with Crippen LogP contribution >= 0.6 is 11.3 Å². The van der Waals surface area contributed by atoms with Crippen molar-refractivity contribution >= 4 is 27.5 Å². The molecule has 1 aromatic heterocycles. The van der Waals surface area contributed by atoms with Gasteiger partial charge in [-0.2, -0.15) is 0 Å². The van der Waals surface area contributed by atoms with E-state index in [9.17, 15) is 4.79 Å². The Balaban J connectivity index is 2.26. The number of nitrogens with zero attached hydrogens (tertiary/aromatic N) is 1. The number of benzene rings is 1. The maximum absolute atomic E-state index is 10.6.